The van der Waals surface area contributed by atoms with E-state index >= 15 is 4.39 Å². The fourth-order valence-electron chi connectivity index (χ4n) is 5.68. The second kappa shape index (κ2) is 9.25. The smallest absolute Gasteiger partial charge is 0.151 e. The lowest BCUT2D eigenvalue weighted by Gasteiger charge is -2.33. The molecule has 8 nitrogen and oxygen atoms in total. The maximum atomic E-state index is 15.7. The van der Waals surface area contributed by atoms with Gasteiger partial charge in [-0.05, 0) is 57.2 Å². The zero-order chi connectivity index (χ0) is 26.6. The number of aliphatic hydroxyl groups is 1. The molecule has 5 aromatic rings. The fourth-order valence-corrected chi connectivity index (χ4v) is 5.68. The number of pyridine rings is 2. The Morgan fingerprint density at radius 2 is 1.87 bits per heavy atom. The molecule has 4 aromatic heterocycles. The Hall–Kier alpha value is -3.69. The molecule has 196 valence electrons. The highest BCUT2D eigenvalue weighted by atomic mass is 19.1. The van der Waals surface area contributed by atoms with E-state index < -0.39 is 11.4 Å². The van der Waals surface area contributed by atoms with Crippen molar-refractivity contribution in [1.82, 2.24) is 29.5 Å². The maximum absolute atomic E-state index is 15.7. The Balaban J connectivity index is 1.72. The fraction of sp³-hybridized carbons (Fsp3) is 0.379. The average Bonchev–Trinajstić information content (AvgIpc) is 3.40. The van der Waals surface area contributed by atoms with E-state index in [-0.39, 0.29) is 17.7 Å². The Labute approximate surface area is 220 Å². The summed E-state index contributed by atoms with van der Waals surface area (Å²) >= 11 is 0. The summed E-state index contributed by atoms with van der Waals surface area (Å²) in [6, 6.07) is 13.7. The van der Waals surface area contributed by atoms with Crippen LogP contribution in [0.1, 0.15) is 49.6 Å². The van der Waals surface area contributed by atoms with Crippen molar-refractivity contribution < 1.29 is 14.2 Å². The van der Waals surface area contributed by atoms with E-state index in [0.717, 1.165) is 23.9 Å². The summed E-state index contributed by atoms with van der Waals surface area (Å²) in [4.78, 5) is 9.71. The summed E-state index contributed by atoms with van der Waals surface area (Å²) in [5.74, 6) is -0.188. The SMILES string of the molecule is Cc1nnn(C)c1-c1nc2c(cc1F)c1ncc(C(C)(C)O)cc1n2[C@H](c1ccccc1)C1CCOCC1. The molecule has 1 aliphatic heterocycles. The third kappa shape index (κ3) is 4.06. The van der Waals surface area contributed by atoms with Crippen molar-refractivity contribution in [3.8, 4) is 11.4 Å². The molecule has 5 heterocycles. The first-order valence-corrected chi connectivity index (χ1v) is 13.0. The topological polar surface area (TPSA) is 90.9 Å². The average molecular weight is 515 g/mol. The number of aryl methyl sites for hydroxylation is 2. The van der Waals surface area contributed by atoms with Gasteiger partial charge >= 0.3 is 0 Å². The monoisotopic (exact) mass is 514 g/mol. The van der Waals surface area contributed by atoms with E-state index in [4.69, 9.17) is 14.7 Å². The van der Waals surface area contributed by atoms with Crippen molar-refractivity contribution in [2.45, 2.75) is 45.3 Å². The van der Waals surface area contributed by atoms with Crippen LogP contribution in [0, 0.1) is 18.7 Å². The van der Waals surface area contributed by atoms with E-state index in [0.29, 0.717) is 46.7 Å². The normalized spacial score (nSPS) is 15.9. The summed E-state index contributed by atoms with van der Waals surface area (Å²) in [5, 5.41) is 19.7. The third-order valence-electron chi connectivity index (χ3n) is 7.62. The van der Waals surface area contributed by atoms with Gasteiger partial charge in [-0.1, -0.05) is 35.5 Å². The number of ether oxygens (including phenoxy) is 1. The van der Waals surface area contributed by atoms with E-state index in [9.17, 15) is 5.11 Å². The Morgan fingerprint density at radius 3 is 2.53 bits per heavy atom. The first kappa shape index (κ1) is 24.6. The molecular weight excluding hydrogens is 483 g/mol. The molecule has 0 bridgehead atoms. The number of aromatic nitrogens is 6. The van der Waals surface area contributed by atoms with Crippen molar-refractivity contribution in [3.63, 3.8) is 0 Å². The van der Waals surface area contributed by atoms with Crippen LogP contribution in [0.5, 0.6) is 0 Å². The van der Waals surface area contributed by atoms with Gasteiger partial charge in [0, 0.05) is 37.4 Å². The predicted octanol–water partition coefficient (Wildman–Crippen LogP) is 5.07. The van der Waals surface area contributed by atoms with Crippen molar-refractivity contribution in [1.29, 1.82) is 0 Å². The second-order valence-electron chi connectivity index (χ2n) is 10.7. The maximum Gasteiger partial charge on any atom is 0.151 e. The standard InChI is InChI=1S/C29H31FN6O2/c1-17-26(35(4)34-33-17)25-22(30)15-21-24-23(14-20(16-31-24)29(2,3)37)36(28(21)32-25)27(18-8-6-5-7-9-18)19-10-12-38-13-11-19/h5-9,14-16,19,27,37H,10-13H2,1-4H3/t27-/m1/s1. The van der Waals surface area contributed by atoms with Crippen LogP contribution >= 0.6 is 0 Å². The first-order chi connectivity index (χ1) is 18.2. The zero-order valence-corrected chi connectivity index (χ0v) is 22.0. The molecule has 0 spiro atoms. The van der Waals surface area contributed by atoms with Gasteiger partial charge in [-0.15, -0.1) is 5.10 Å². The number of benzene rings is 1. The summed E-state index contributed by atoms with van der Waals surface area (Å²) < 4.78 is 25.2. The van der Waals surface area contributed by atoms with Gasteiger partial charge in [0.25, 0.3) is 0 Å². The first-order valence-electron chi connectivity index (χ1n) is 13.0. The van der Waals surface area contributed by atoms with Gasteiger partial charge in [0.2, 0.25) is 0 Å². The van der Waals surface area contributed by atoms with Crippen molar-refractivity contribution in [3.05, 3.63) is 71.3 Å². The van der Waals surface area contributed by atoms with Gasteiger partial charge in [-0.3, -0.25) is 4.98 Å². The van der Waals surface area contributed by atoms with Crippen LogP contribution in [0.2, 0.25) is 0 Å². The van der Waals surface area contributed by atoms with Gasteiger partial charge in [-0.2, -0.15) is 0 Å². The Morgan fingerprint density at radius 1 is 1.13 bits per heavy atom. The zero-order valence-electron chi connectivity index (χ0n) is 22.0. The summed E-state index contributed by atoms with van der Waals surface area (Å²) in [5.41, 5.74) is 4.16. The second-order valence-corrected chi connectivity index (χ2v) is 10.7. The highest BCUT2D eigenvalue weighted by Crippen LogP contribution is 2.41. The molecule has 1 atom stereocenters. The molecule has 1 saturated heterocycles. The van der Waals surface area contributed by atoms with Gasteiger partial charge in [0.05, 0.1) is 28.4 Å². The van der Waals surface area contributed by atoms with Crippen molar-refractivity contribution >= 4 is 22.1 Å². The number of hydrogen-bond acceptors (Lipinski definition) is 6. The molecule has 1 aliphatic rings. The lowest BCUT2D eigenvalue weighted by molar-refractivity contribution is 0.0552. The summed E-state index contributed by atoms with van der Waals surface area (Å²) in [6.45, 7) is 6.65. The molecule has 0 radical (unpaired) electrons. The van der Waals surface area contributed by atoms with E-state index in [1.807, 2.05) is 24.3 Å². The molecule has 1 fully saturated rings. The minimum atomic E-state index is -1.09. The molecule has 1 aromatic carbocycles. The molecule has 0 unspecified atom stereocenters. The van der Waals surface area contributed by atoms with Crippen molar-refractivity contribution in [2.24, 2.45) is 13.0 Å². The Bertz CT molecular complexity index is 1610. The lowest BCUT2D eigenvalue weighted by atomic mass is 9.86. The van der Waals surface area contributed by atoms with Crippen LogP contribution in [-0.4, -0.2) is 47.8 Å². The van der Waals surface area contributed by atoms with Crippen LogP contribution in [0.4, 0.5) is 4.39 Å². The number of hydrogen-bond donors (Lipinski definition) is 1. The van der Waals surface area contributed by atoms with E-state index in [2.05, 4.69) is 27.0 Å². The molecular formula is C29H31FN6O2. The minimum absolute atomic E-state index is 0.0875. The van der Waals surface area contributed by atoms with Crippen molar-refractivity contribution in [2.75, 3.05) is 13.2 Å². The largest absolute Gasteiger partial charge is 0.386 e. The highest BCUT2D eigenvalue weighted by Gasteiger charge is 2.32. The molecule has 9 heteroatoms. The van der Waals surface area contributed by atoms with Crippen LogP contribution < -0.4 is 0 Å². The molecule has 0 aliphatic carbocycles. The van der Waals surface area contributed by atoms with Crippen LogP contribution in [0.25, 0.3) is 33.5 Å². The van der Waals surface area contributed by atoms with E-state index in [1.165, 1.54) is 6.07 Å². The van der Waals surface area contributed by atoms with Crippen LogP contribution in [-0.2, 0) is 17.4 Å². The molecule has 1 N–H and O–H groups in total. The van der Waals surface area contributed by atoms with E-state index in [1.54, 1.807) is 38.7 Å². The predicted molar refractivity (Wildman–Crippen MR) is 143 cm³/mol. The molecule has 6 rings (SSSR count). The van der Waals surface area contributed by atoms with Gasteiger partial charge in [0.1, 0.15) is 17.0 Å². The highest BCUT2D eigenvalue weighted by molar-refractivity contribution is 6.05. The van der Waals surface area contributed by atoms with Crippen LogP contribution in [0.15, 0.2) is 48.7 Å². The number of rotatable bonds is 5. The molecule has 38 heavy (non-hydrogen) atoms. The lowest BCUT2D eigenvalue weighted by Crippen LogP contribution is -2.27. The van der Waals surface area contributed by atoms with Gasteiger partial charge in [0.15, 0.2) is 5.82 Å². The third-order valence-corrected chi connectivity index (χ3v) is 7.62. The Kier molecular flexibility index (Phi) is 6.00. The van der Waals surface area contributed by atoms with Gasteiger partial charge < -0.3 is 14.4 Å². The summed E-state index contributed by atoms with van der Waals surface area (Å²) in [7, 11) is 1.74. The van der Waals surface area contributed by atoms with Crippen LogP contribution in [0.3, 0.4) is 0 Å². The molecule has 0 amide bonds. The quantitative estimate of drug-likeness (QED) is 0.352. The number of halogens is 1. The minimum Gasteiger partial charge on any atom is -0.386 e. The van der Waals surface area contributed by atoms with Gasteiger partial charge in [-0.25, -0.2) is 14.1 Å². The number of nitrogens with zero attached hydrogens (tertiary/aromatic N) is 6. The summed E-state index contributed by atoms with van der Waals surface area (Å²) in [6.07, 6.45) is 3.44. The molecule has 0 saturated carbocycles. The number of fused-ring (bicyclic) bond motifs is 3.